The fourth-order valence-electron chi connectivity index (χ4n) is 6.08. The molecule has 0 saturated heterocycles. The Hall–Kier alpha value is -0.400. The number of allylic oxidation sites excluding steroid dienone is 2. The van der Waals surface area contributed by atoms with Crippen LogP contribution in [0.1, 0.15) is 57.2 Å². The SMILES string of the molecule is CC[Si]1(CC)C2=C(C)[CH]([Zr+2][CH]3C(C)=C1c1ccccc13)c1ccccc12.[Cl-].[Cl-]. The van der Waals surface area contributed by atoms with Crippen molar-refractivity contribution in [1.82, 2.24) is 0 Å². The van der Waals surface area contributed by atoms with Gasteiger partial charge in [-0.2, -0.15) is 0 Å². The summed E-state index contributed by atoms with van der Waals surface area (Å²) in [6.07, 6.45) is 0. The number of hydrogen-bond donors (Lipinski definition) is 0. The van der Waals surface area contributed by atoms with Gasteiger partial charge in [-0.1, -0.05) is 0 Å². The molecule has 0 spiro atoms. The topological polar surface area (TPSA) is 0 Å². The minimum Gasteiger partial charge on any atom is -1.00 e. The summed E-state index contributed by atoms with van der Waals surface area (Å²) in [7, 11) is -1.73. The van der Waals surface area contributed by atoms with Crippen LogP contribution in [0.25, 0.3) is 10.4 Å². The number of rotatable bonds is 2. The van der Waals surface area contributed by atoms with Crippen molar-refractivity contribution in [1.29, 1.82) is 0 Å². The van der Waals surface area contributed by atoms with Gasteiger partial charge in [-0.3, -0.25) is 0 Å². The molecule has 4 heteroatoms. The van der Waals surface area contributed by atoms with Gasteiger partial charge in [-0.05, 0) is 0 Å². The molecule has 0 N–H and O–H groups in total. The van der Waals surface area contributed by atoms with Crippen LogP contribution >= 0.6 is 0 Å². The first kappa shape index (κ1) is 22.3. The van der Waals surface area contributed by atoms with Gasteiger partial charge in [0.15, 0.2) is 0 Å². The summed E-state index contributed by atoms with van der Waals surface area (Å²) in [5.41, 5.74) is 10.2. The first-order chi connectivity index (χ1) is 12.6. The van der Waals surface area contributed by atoms with E-state index in [0.29, 0.717) is 0 Å². The Balaban J connectivity index is 0.00000112. The second-order valence-electron chi connectivity index (χ2n) is 8.11. The van der Waals surface area contributed by atoms with E-state index in [-0.39, 0.29) is 24.8 Å². The van der Waals surface area contributed by atoms with Gasteiger partial charge in [0.05, 0.1) is 0 Å². The Kier molecular flexibility index (Phi) is 6.39. The van der Waals surface area contributed by atoms with Crippen LogP contribution in [0.3, 0.4) is 0 Å². The molecule has 0 amide bonds. The molecule has 144 valence electrons. The molecule has 0 saturated carbocycles. The first-order valence-corrected chi connectivity index (χ1v) is 15.3. The predicted molar refractivity (Wildman–Crippen MR) is 110 cm³/mol. The standard InChI is InChI=1S/C24H26Si.2ClH.Zr/c1-5-25(6-2,23-17(3)15-19-11-7-9-13-21(19)23)24-18(4)16-20-12-8-10-14-22(20)24;;;/h7-16H,5-6H2,1-4H3;2*1H;/q;;;+2/p-2. The smallest absolute Gasteiger partial charge is 1.00 e. The summed E-state index contributed by atoms with van der Waals surface area (Å²) in [4.78, 5) is 0. The van der Waals surface area contributed by atoms with Crippen molar-refractivity contribution in [3.8, 4) is 0 Å². The zero-order valence-corrected chi connectivity index (χ0v) is 21.9. The van der Waals surface area contributed by atoms with Crippen LogP contribution in [-0.2, 0) is 23.2 Å². The third kappa shape index (κ3) is 2.71. The number of benzene rings is 2. The Morgan fingerprint density at radius 2 is 1.11 bits per heavy atom. The molecule has 0 nitrogen and oxygen atoms in total. The molecule has 5 rings (SSSR count). The van der Waals surface area contributed by atoms with Crippen LogP contribution in [0, 0.1) is 0 Å². The molecule has 2 atom stereocenters. The van der Waals surface area contributed by atoms with E-state index >= 15 is 0 Å². The third-order valence-corrected chi connectivity index (χ3v) is 18.2. The van der Waals surface area contributed by atoms with Gasteiger partial charge >= 0.3 is 171 Å². The number of fused-ring (bicyclic) bond motifs is 8. The van der Waals surface area contributed by atoms with Crippen molar-refractivity contribution >= 4 is 18.5 Å². The van der Waals surface area contributed by atoms with Crippen molar-refractivity contribution in [3.63, 3.8) is 0 Å². The van der Waals surface area contributed by atoms with E-state index in [9.17, 15) is 0 Å². The van der Waals surface area contributed by atoms with E-state index in [2.05, 4.69) is 76.2 Å². The Labute approximate surface area is 194 Å². The van der Waals surface area contributed by atoms with Crippen molar-refractivity contribution in [2.24, 2.45) is 0 Å². The molecule has 1 heterocycles. The molecular formula is C24H26Cl2SiZr. The van der Waals surface area contributed by atoms with Crippen LogP contribution in [-0.4, -0.2) is 8.07 Å². The van der Waals surface area contributed by atoms with Crippen LogP contribution in [0.5, 0.6) is 0 Å². The van der Waals surface area contributed by atoms with E-state index < -0.39 is 31.3 Å². The van der Waals surface area contributed by atoms with E-state index in [4.69, 9.17) is 0 Å². The van der Waals surface area contributed by atoms with Gasteiger partial charge in [-0.15, -0.1) is 0 Å². The summed E-state index contributed by atoms with van der Waals surface area (Å²) in [6.45, 7) is 9.95. The average Bonchev–Trinajstić information content (AvgIpc) is 3.13. The van der Waals surface area contributed by atoms with Crippen LogP contribution in [0.4, 0.5) is 0 Å². The molecule has 2 aromatic carbocycles. The van der Waals surface area contributed by atoms with Crippen molar-refractivity contribution in [2.75, 3.05) is 0 Å². The van der Waals surface area contributed by atoms with Crippen molar-refractivity contribution < 1.29 is 48.0 Å². The molecule has 0 aromatic heterocycles. The second kappa shape index (κ2) is 8.03. The molecule has 28 heavy (non-hydrogen) atoms. The van der Waals surface area contributed by atoms with E-state index in [1.807, 2.05) is 10.4 Å². The van der Waals surface area contributed by atoms with Gasteiger partial charge in [0.1, 0.15) is 0 Å². The Morgan fingerprint density at radius 3 is 1.50 bits per heavy atom. The average molecular weight is 505 g/mol. The zero-order chi connectivity index (χ0) is 18.1. The predicted octanol–water partition coefficient (Wildman–Crippen LogP) is 0.714. The van der Waals surface area contributed by atoms with Crippen LogP contribution in [0.15, 0.2) is 59.7 Å². The molecule has 0 radical (unpaired) electrons. The van der Waals surface area contributed by atoms with E-state index in [1.54, 1.807) is 33.4 Å². The Morgan fingerprint density at radius 1 is 0.714 bits per heavy atom. The summed E-state index contributed by atoms with van der Waals surface area (Å²) in [6, 6.07) is 21.5. The van der Waals surface area contributed by atoms with E-state index in [0.717, 1.165) is 7.25 Å². The van der Waals surface area contributed by atoms with Gasteiger partial charge in [-0.25, -0.2) is 0 Å². The normalized spacial score (nSPS) is 22.7. The molecule has 4 bridgehead atoms. The van der Waals surface area contributed by atoms with Gasteiger partial charge < -0.3 is 24.8 Å². The largest absolute Gasteiger partial charge is 1.00 e. The summed E-state index contributed by atoms with van der Waals surface area (Å²) in [5, 5.41) is 3.65. The maximum atomic E-state index is 2.50. The van der Waals surface area contributed by atoms with E-state index in [1.165, 1.54) is 12.1 Å². The molecule has 1 aliphatic heterocycles. The summed E-state index contributed by atoms with van der Waals surface area (Å²) < 4.78 is 1.56. The van der Waals surface area contributed by atoms with Crippen LogP contribution in [0.2, 0.25) is 12.1 Å². The zero-order valence-electron chi connectivity index (χ0n) is 16.9. The maximum absolute atomic E-state index is 2.50. The molecule has 2 aliphatic carbocycles. The van der Waals surface area contributed by atoms with Crippen molar-refractivity contribution in [3.05, 3.63) is 81.9 Å². The quantitative estimate of drug-likeness (QED) is 0.529. The minimum absolute atomic E-state index is 0. The maximum Gasteiger partial charge on any atom is -1.00 e. The fraction of sp³-hybridized carbons (Fsp3) is 0.333. The molecule has 3 aliphatic rings. The number of hydrogen-bond acceptors (Lipinski definition) is 0. The van der Waals surface area contributed by atoms with Gasteiger partial charge in [0, 0.05) is 0 Å². The van der Waals surface area contributed by atoms with Gasteiger partial charge in [0.25, 0.3) is 0 Å². The molecule has 2 unspecified atom stereocenters. The number of halogens is 2. The summed E-state index contributed by atoms with van der Waals surface area (Å²) >= 11 is -0.655. The van der Waals surface area contributed by atoms with Gasteiger partial charge in [0.2, 0.25) is 0 Å². The minimum atomic E-state index is -1.73. The molecule has 0 fully saturated rings. The van der Waals surface area contributed by atoms with Crippen LogP contribution < -0.4 is 24.8 Å². The Bertz CT molecular complexity index is 912. The fourth-order valence-corrected chi connectivity index (χ4v) is 17.1. The van der Waals surface area contributed by atoms with Crippen molar-refractivity contribution in [2.45, 2.75) is 47.0 Å². The summed E-state index contributed by atoms with van der Waals surface area (Å²) in [5.74, 6) is 0. The first-order valence-electron chi connectivity index (χ1n) is 10.0. The third-order valence-electron chi connectivity index (χ3n) is 7.23. The molecular weight excluding hydrogens is 478 g/mol. The second-order valence-corrected chi connectivity index (χ2v) is 16.3. The monoisotopic (exact) mass is 502 g/mol. The molecule has 2 aromatic rings.